The van der Waals surface area contributed by atoms with E-state index in [4.69, 9.17) is 4.74 Å². The van der Waals surface area contributed by atoms with Crippen molar-refractivity contribution < 1.29 is 46.1 Å². The number of halogens is 6. The fourth-order valence-corrected chi connectivity index (χ4v) is 2.94. The topological polar surface area (TPSA) is 66.8 Å². The van der Waals surface area contributed by atoms with Gasteiger partial charge in [-0.05, 0) is 49.6 Å². The summed E-state index contributed by atoms with van der Waals surface area (Å²) in [4.78, 5) is 11.8. The molecule has 0 saturated carbocycles. The van der Waals surface area contributed by atoms with Crippen LogP contribution >= 0.6 is 0 Å². The van der Waals surface area contributed by atoms with Gasteiger partial charge in [0.1, 0.15) is 17.1 Å². The van der Waals surface area contributed by atoms with Gasteiger partial charge in [0.25, 0.3) is 0 Å². The van der Waals surface area contributed by atoms with E-state index in [2.05, 4.69) is 0 Å². The van der Waals surface area contributed by atoms with Crippen LogP contribution in [0.1, 0.15) is 52.9 Å². The Kier molecular flexibility index (Phi) is 8.41. The van der Waals surface area contributed by atoms with Gasteiger partial charge in [-0.25, -0.2) is 4.79 Å². The maximum absolute atomic E-state index is 12.7. The van der Waals surface area contributed by atoms with Crippen LogP contribution in [0.25, 0.3) is 12.2 Å². The Labute approximate surface area is 191 Å². The molecule has 2 rings (SSSR count). The van der Waals surface area contributed by atoms with Crippen LogP contribution in [-0.2, 0) is 12.6 Å². The minimum atomic E-state index is -4.52. The number of phenols is 1. The lowest BCUT2D eigenvalue weighted by molar-refractivity contribution is -0.139. The number of hydrogen-bond donors (Lipinski definition) is 2. The number of ether oxygens (including phenoxy) is 1. The number of carboxylic acids is 1. The van der Waals surface area contributed by atoms with E-state index >= 15 is 0 Å². The van der Waals surface area contributed by atoms with Crippen molar-refractivity contribution in [1.29, 1.82) is 0 Å². The Balaban J connectivity index is 2.51. The van der Waals surface area contributed by atoms with Crippen molar-refractivity contribution in [3.63, 3.8) is 0 Å². The van der Waals surface area contributed by atoms with Crippen LogP contribution < -0.4 is 4.74 Å². The van der Waals surface area contributed by atoms with E-state index in [0.717, 1.165) is 17.7 Å². The van der Waals surface area contributed by atoms with Crippen molar-refractivity contribution in [2.24, 2.45) is 0 Å². The standard InChI is InChI=1S/C24H22F6O4/c1-14(2)3-10-18-19(34-12-11-23(25,26)27)13-16(20(21(18)31)22(32)33)7-4-15-5-8-17(9-6-15)24(28,29)30/h3-9,13,31H,10-12H2,1-2H3,(H,32,33). The van der Waals surface area contributed by atoms with Crippen LogP contribution in [0.3, 0.4) is 0 Å². The van der Waals surface area contributed by atoms with E-state index < -0.39 is 48.2 Å². The summed E-state index contributed by atoms with van der Waals surface area (Å²) in [5, 5.41) is 20.3. The highest BCUT2D eigenvalue weighted by Gasteiger charge is 2.30. The normalized spacial score (nSPS) is 12.1. The van der Waals surface area contributed by atoms with Gasteiger partial charge >= 0.3 is 18.3 Å². The molecule has 184 valence electrons. The molecule has 0 saturated heterocycles. The molecule has 0 unspecified atom stereocenters. The summed E-state index contributed by atoms with van der Waals surface area (Å²) in [6.07, 6.45) is -6.05. The number of aromatic carboxylic acids is 1. The molecule has 0 aliphatic carbocycles. The van der Waals surface area contributed by atoms with E-state index in [0.29, 0.717) is 5.56 Å². The molecule has 0 aliphatic heterocycles. The first-order chi connectivity index (χ1) is 15.7. The first-order valence-corrected chi connectivity index (χ1v) is 9.99. The third kappa shape index (κ3) is 7.57. The lowest BCUT2D eigenvalue weighted by Crippen LogP contribution is -2.14. The van der Waals surface area contributed by atoms with Gasteiger partial charge in [-0.3, -0.25) is 0 Å². The largest absolute Gasteiger partial charge is 0.507 e. The summed E-state index contributed by atoms with van der Waals surface area (Å²) in [7, 11) is 0. The van der Waals surface area contributed by atoms with Crippen LogP contribution in [0.4, 0.5) is 26.3 Å². The maximum Gasteiger partial charge on any atom is 0.416 e. The van der Waals surface area contributed by atoms with E-state index in [-0.39, 0.29) is 23.3 Å². The van der Waals surface area contributed by atoms with E-state index in [1.54, 1.807) is 19.9 Å². The molecule has 2 aromatic rings. The highest BCUT2D eigenvalue weighted by molar-refractivity contribution is 5.97. The molecule has 2 N–H and O–H groups in total. The zero-order valence-electron chi connectivity index (χ0n) is 18.2. The lowest BCUT2D eigenvalue weighted by atomic mass is 9.97. The highest BCUT2D eigenvalue weighted by Crippen LogP contribution is 2.37. The predicted octanol–water partition coefficient (Wildman–Crippen LogP) is 7.12. The Morgan fingerprint density at radius 1 is 1.03 bits per heavy atom. The van der Waals surface area contributed by atoms with Gasteiger partial charge < -0.3 is 14.9 Å². The third-order valence-electron chi connectivity index (χ3n) is 4.66. The van der Waals surface area contributed by atoms with Crippen molar-refractivity contribution in [1.82, 2.24) is 0 Å². The molecule has 4 nitrogen and oxygen atoms in total. The Morgan fingerprint density at radius 3 is 2.15 bits per heavy atom. The van der Waals surface area contributed by atoms with Gasteiger partial charge in [0.15, 0.2) is 0 Å². The highest BCUT2D eigenvalue weighted by atomic mass is 19.4. The number of carboxylic acid groups (broad SMARTS) is 1. The molecule has 0 aromatic heterocycles. The molecule has 0 radical (unpaired) electrons. The predicted molar refractivity (Wildman–Crippen MR) is 115 cm³/mol. The number of aromatic hydroxyl groups is 1. The van der Waals surface area contributed by atoms with Gasteiger partial charge in [0.2, 0.25) is 0 Å². The zero-order valence-corrected chi connectivity index (χ0v) is 18.2. The van der Waals surface area contributed by atoms with Gasteiger partial charge in [0, 0.05) is 5.56 Å². The van der Waals surface area contributed by atoms with Gasteiger partial charge in [0.05, 0.1) is 18.6 Å². The van der Waals surface area contributed by atoms with Crippen LogP contribution in [0.5, 0.6) is 11.5 Å². The second-order valence-electron chi connectivity index (χ2n) is 7.62. The van der Waals surface area contributed by atoms with Crippen molar-refractivity contribution in [2.75, 3.05) is 6.61 Å². The molecule has 0 bridgehead atoms. The van der Waals surface area contributed by atoms with Crippen LogP contribution in [0, 0.1) is 0 Å². The van der Waals surface area contributed by atoms with Crippen LogP contribution in [0.2, 0.25) is 0 Å². The van der Waals surface area contributed by atoms with Crippen LogP contribution in [-0.4, -0.2) is 29.0 Å². The molecular weight excluding hydrogens is 466 g/mol. The Hall–Kier alpha value is -3.43. The van der Waals surface area contributed by atoms with Crippen molar-refractivity contribution >= 4 is 18.1 Å². The second kappa shape index (κ2) is 10.7. The minimum absolute atomic E-state index is 0.00690. The lowest BCUT2D eigenvalue weighted by Gasteiger charge is -2.17. The number of alkyl halides is 6. The molecule has 34 heavy (non-hydrogen) atoms. The summed E-state index contributed by atoms with van der Waals surface area (Å²) in [6.45, 7) is 2.75. The van der Waals surface area contributed by atoms with Crippen molar-refractivity contribution in [3.05, 3.63) is 69.8 Å². The molecule has 0 atom stereocenters. The summed E-state index contributed by atoms with van der Waals surface area (Å²) < 4.78 is 81.1. The molecule has 2 aromatic carbocycles. The number of benzene rings is 2. The van der Waals surface area contributed by atoms with Gasteiger partial charge in [-0.2, -0.15) is 26.3 Å². The summed E-state index contributed by atoms with van der Waals surface area (Å²) in [6, 6.07) is 5.23. The summed E-state index contributed by atoms with van der Waals surface area (Å²) in [5.74, 6) is -2.29. The van der Waals surface area contributed by atoms with E-state index in [9.17, 15) is 41.4 Å². The molecule has 0 heterocycles. The molecule has 0 aliphatic rings. The third-order valence-corrected chi connectivity index (χ3v) is 4.66. The Bertz CT molecular complexity index is 1080. The van der Waals surface area contributed by atoms with Crippen LogP contribution in [0.15, 0.2) is 42.0 Å². The SMILES string of the molecule is CC(C)=CCc1c(OCCC(F)(F)F)cc(C=Cc2ccc(C(F)(F)F)cc2)c(C(=O)O)c1O. The summed E-state index contributed by atoms with van der Waals surface area (Å²) >= 11 is 0. The smallest absolute Gasteiger partial charge is 0.416 e. The van der Waals surface area contributed by atoms with Gasteiger partial charge in [-0.15, -0.1) is 0 Å². The van der Waals surface area contributed by atoms with Crippen molar-refractivity contribution in [2.45, 2.75) is 39.0 Å². The zero-order chi connectivity index (χ0) is 25.7. The molecule has 0 spiro atoms. The molecule has 10 heteroatoms. The van der Waals surface area contributed by atoms with Gasteiger partial charge in [-0.1, -0.05) is 35.9 Å². The monoisotopic (exact) mass is 488 g/mol. The second-order valence-corrected chi connectivity index (χ2v) is 7.62. The average molecular weight is 488 g/mol. The minimum Gasteiger partial charge on any atom is -0.507 e. The molecular formula is C24H22F6O4. The fraction of sp³-hybridized carbons (Fsp3) is 0.292. The molecule has 0 fully saturated rings. The maximum atomic E-state index is 12.7. The number of rotatable bonds is 8. The quantitative estimate of drug-likeness (QED) is 0.236. The molecule has 0 amide bonds. The fourth-order valence-electron chi connectivity index (χ4n) is 2.94. The number of allylic oxidation sites excluding steroid dienone is 2. The number of hydrogen-bond acceptors (Lipinski definition) is 3. The first-order valence-electron chi connectivity index (χ1n) is 9.99. The van der Waals surface area contributed by atoms with E-state index in [1.807, 2.05) is 0 Å². The first kappa shape index (κ1) is 26.8. The van der Waals surface area contributed by atoms with E-state index in [1.165, 1.54) is 30.4 Å². The average Bonchev–Trinajstić information content (AvgIpc) is 2.69. The Morgan fingerprint density at radius 2 is 1.65 bits per heavy atom. The van der Waals surface area contributed by atoms with Crippen molar-refractivity contribution in [3.8, 4) is 11.5 Å². The summed E-state index contributed by atoms with van der Waals surface area (Å²) in [5.41, 5.74) is -0.331. The number of carbonyl (C=O) groups is 1.